The van der Waals surface area contributed by atoms with Crippen molar-refractivity contribution in [2.24, 2.45) is 0 Å². The number of pyridine rings is 1. The van der Waals surface area contributed by atoms with E-state index in [4.69, 9.17) is 10.5 Å². The normalized spacial score (nSPS) is 10.2. The van der Waals surface area contributed by atoms with Gasteiger partial charge in [-0.05, 0) is 6.07 Å². The lowest BCUT2D eigenvalue weighted by atomic mass is 10.2. The van der Waals surface area contributed by atoms with Crippen molar-refractivity contribution < 1.29 is 23.0 Å². The molecule has 0 saturated heterocycles. The molecule has 2 aromatic rings. The molecular formula is C13H10F2N2O3. The van der Waals surface area contributed by atoms with Gasteiger partial charge in [0, 0.05) is 18.2 Å². The van der Waals surface area contributed by atoms with Crippen LogP contribution in [0.25, 0.3) is 0 Å². The van der Waals surface area contributed by atoms with Crippen LogP contribution in [0.3, 0.4) is 0 Å². The van der Waals surface area contributed by atoms with Gasteiger partial charge in [0.1, 0.15) is 22.9 Å². The van der Waals surface area contributed by atoms with Crippen LogP contribution < -0.4 is 10.5 Å². The summed E-state index contributed by atoms with van der Waals surface area (Å²) in [6.07, 6.45) is 1.25. The number of aromatic nitrogens is 1. The minimum Gasteiger partial charge on any atom is -0.465 e. The number of ether oxygens (including phenoxy) is 2. The molecule has 7 heteroatoms. The Morgan fingerprint density at radius 3 is 2.45 bits per heavy atom. The lowest BCUT2D eigenvalue weighted by Crippen LogP contribution is -2.06. The third kappa shape index (κ3) is 3.00. The third-order valence-corrected chi connectivity index (χ3v) is 2.33. The standard InChI is InChI=1S/C13H10F2N2O3/c1-19-13(18)11-5-9(16)6-17-12(11)20-10-3-7(14)2-8(15)4-10/h2-6H,16H2,1H3. The predicted molar refractivity (Wildman–Crippen MR) is 66.4 cm³/mol. The fourth-order valence-electron chi connectivity index (χ4n) is 1.50. The number of esters is 1. The summed E-state index contributed by atoms with van der Waals surface area (Å²) in [5, 5.41) is 0. The van der Waals surface area contributed by atoms with E-state index in [1.54, 1.807) is 0 Å². The van der Waals surface area contributed by atoms with E-state index in [1.807, 2.05) is 0 Å². The number of nitrogens with zero attached hydrogens (tertiary/aromatic N) is 1. The highest BCUT2D eigenvalue weighted by molar-refractivity contribution is 5.92. The first-order chi connectivity index (χ1) is 9.49. The molecule has 0 atom stereocenters. The largest absolute Gasteiger partial charge is 0.465 e. The van der Waals surface area contributed by atoms with Crippen LogP contribution in [0.4, 0.5) is 14.5 Å². The fourth-order valence-corrected chi connectivity index (χ4v) is 1.50. The zero-order chi connectivity index (χ0) is 14.7. The van der Waals surface area contributed by atoms with Gasteiger partial charge in [0.15, 0.2) is 0 Å². The van der Waals surface area contributed by atoms with Crippen LogP contribution in [-0.2, 0) is 4.74 Å². The molecule has 2 N–H and O–H groups in total. The number of hydrogen-bond donors (Lipinski definition) is 1. The molecule has 0 aliphatic carbocycles. The summed E-state index contributed by atoms with van der Waals surface area (Å²) in [5.41, 5.74) is 5.70. The monoisotopic (exact) mass is 280 g/mol. The Bertz CT molecular complexity index is 642. The molecule has 1 heterocycles. The zero-order valence-corrected chi connectivity index (χ0v) is 10.4. The maximum Gasteiger partial charge on any atom is 0.343 e. The summed E-state index contributed by atoms with van der Waals surface area (Å²) in [6, 6.07) is 3.92. The Morgan fingerprint density at radius 1 is 1.20 bits per heavy atom. The Hall–Kier alpha value is -2.70. The van der Waals surface area contributed by atoms with Gasteiger partial charge in [-0.25, -0.2) is 18.6 Å². The Morgan fingerprint density at radius 2 is 1.85 bits per heavy atom. The van der Waals surface area contributed by atoms with Crippen LogP contribution >= 0.6 is 0 Å². The maximum absolute atomic E-state index is 13.1. The molecule has 0 aliphatic heterocycles. The SMILES string of the molecule is COC(=O)c1cc(N)cnc1Oc1cc(F)cc(F)c1. The van der Waals surface area contributed by atoms with Gasteiger partial charge in [-0.15, -0.1) is 0 Å². The Labute approximate surface area is 112 Å². The van der Waals surface area contributed by atoms with Crippen molar-refractivity contribution in [3.05, 3.63) is 47.7 Å². The molecule has 0 unspecified atom stereocenters. The molecule has 0 bridgehead atoms. The van der Waals surface area contributed by atoms with Crippen molar-refractivity contribution in [1.29, 1.82) is 0 Å². The molecular weight excluding hydrogens is 270 g/mol. The number of carbonyl (C=O) groups excluding carboxylic acids is 1. The molecule has 0 aliphatic rings. The van der Waals surface area contributed by atoms with Crippen molar-refractivity contribution in [2.45, 2.75) is 0 Å². The molecule has 1 aromatic carbocycles. The zero-order valence-electron chi connectivity index (χ0n) is 10.4. The Kier molecular flexibility index (Phi) is 3.79. The van der Waals surface area contributed by atoms with Gasteiger partial charge in [0.05, 0.1) is 19.0 Å². The van der Waals surface area contributed by atoms with Crippen molar-refractivity contribution in [2.75, 3.05) is 12.8 Å². The molecule has 0 saturated carbocycles. The molecule has 0 radical (unpaired) electrons. The van der Waals surface area contributed by atoms with E-state index >= 15 is 0 Å². The summed E-state index contributed by atoms with van der Waals surface area (Å²) in [6.45, 7) is 0. The molecule has 104 valence electrons. The van der Waals surface area contributed by atoms with Crippen molar-refractivity contribution >= 4 is 11.7 Å². The minimum absolute atomic E-state index is 0.0443. The second-order valence-electron chi connectivity index (χ2n) is 3.82. The summed E-state index contributed by atoms with van der Waals surface area (Å²) in [4.78, 5) is 15.4. The van der Waals surface area contributed by atoms with Crippen LogP contribution in [0.5, 0.6) is 11.6 Å². The second-order valence-corrected chi connectivity index (χ2v) is 3.82. The molecule has 0 spiro atoms. The van der Waals surface area contributed by atoms with Crippen molar-refractivity contribution in [3.8, 4) is 11.6 Å². The van der Waals surface area contributed by atoms with E-state index in [0.29, 0.717) is 6.07 Å². The number of benzene rings is 1. The first kappa shape index (κ1) is 13.7. The van der Waals surface area contributed by atoms with Crippen LogP contribution in [0.15, 0.2) is 30.5 Å². The average Bonchev–Trinajstić information content (AvgIpc) is 2.38. The quantitative estimate of drug-likeness (QED) is 0.874. The molecule has 2 rings (SSSR count). The van der Waals surface area contributed by atoms with E-state index in [2.05, 4.69) is 9.72 Å². The first-order valence-electron chi connectivity index (χ1n) is 5.47. The van der Waals surface area contributed by atoms with Gasteiger partial charge in [0.2, 0.25) is 5.88 Å². The highest BCUT2D eigenvalue weighted by Crippen LogP contribution is 2.26. The third-order valence-electron chi connectivity index (χ3n) is 2.33. The smallest absolute Gasteiger partial charge is 0.343 e. The van der Waals surface area contributed by atoms with Crippen molar-refractivity contribution in [1.82, 2.24) is 4.98 Å². The lowest BCUT2D eigenvalue weighted by Gasteiger charge is -2.09. The van der Waals surface area contributed by atoms with Crippen LogP contribution in [-0.4, -0.2) is 18.1 Å². The minimum atomic E-state index is -0.810. The number of methoxy groups -OCH3 is 1. The van der Waals surface area contributed by atoms with Gasteiger partial charge in [0.25, 0.3) is 0 Å². The topological polar surface area (TPSA) is 74.4 Å². The molecule has 20 heavy (non-hydrogen) atoms. The number of halogens is 2. The van der Waals surface area contributed by atoms with E-state index in [1.165, 1.54) is 19.4 Å². The maximum atomic E-state index is 13.1. The Balaban J connectivity index is 2.40. The van der Waals surface area contributed by atoms with E-state index < -0.39 is 17.6 Å². The molecule has 0 amide bonds. The summed E-state index contributed by atoms with van der Waals surface area (Å²) in [5.74, 6) is -2.64. The summed E-state index contributed by atoms with van der Waals surface area (Å²) < 4.78 is 35.9. The number of nitrogen functional groups attached to an aromatic ring is 1. The predicted octanol–water partition coefficient (Wildman–Crippen LogP) is 2.52. The fraction of sp³-hybridized carbons (Fsp3) is 0.0769. The van der Waals surface area contributed by atoms with Crippen LogP contribution in [0.2, 0.25) is 0 Å². The highest BCUT2D eigenvalue weighted by Gasteiger charge is 2.16. The van der Waals surface area contributed by atoms with E-state index in [-0.39, 0.29) is 22.9 Å². The van der Waals surface area contributed by atoms with Gasteiger partial charge >= 0.3 is 5.97 Å². The molecule has 1 aromatic heterocycles. The lowest BCUT2D eigenvalue weighted by molar-refractivity contribution is 0.0597. The van der Waals surface area contributed by atoms with E-state index in [0.717, 1.165) is 12.1 Å². The molecule has 5 nitrogen and oxygen atoms in total. The summed E-state index contributed by atoms with van der Waals surface area (Å²) in [7, 11) is 1.18. The number of carbonyl (C=O) groups is 1. The number of hydrogen-bond acceptors (Lipinski definition) is 5. The number of nitrogens with two attached hydrogens (primary N) is 1. The van der Waals surface area contributed by atoms with E-state index in [9.17, 15) is 13.6 Å². The average molecular weight is 280 g/mol. The van der Waals surface area contributed by atoms with Gasteiger partial charge < -0.3 is 15.2 Å². The van der Waals surface area contributed by atoms with Gasteiger partial charge in [-0.1, -0.05) is 0 Å². The van der Waals surface area contributed by atoms with Gasteiger partial charge in [-0.3, -0.25) is 0 Å². The van der Waals surface area contributed by atoms with Crippen LogP contribution in [0.1, 0.15) is 10.4 Å². The second kappa shape index (κ2) is 5.52. The highest BCUT2D eigenvalue weighted by atomic mass is 19.1. The molecule has 0 fully saturated rings. The first-order valence-corrected chi connectivity index (χ1v) is 5.47. The number of rotatable bonds is 3. The van der Waals surface area contributed by atoms with Crippen molar-refractivity contribution in [3.63, 3.8) is 0 Å². The number of anilines is 1. The van der Waals surface area contributed by atoms with Crippen LogP contribution in [0, 0.1) is 11.6 Å². The summed E-state index contributed by atoms with van der Waals surface area (Å²) >= 11 is 0. The van der Waals surface area contributed by atoms with Gasteiger partial charge in [-0.2, -0.15) is 0 Å².